The number of aliphatic hydroxyl groups is 1. The van der Waals surface area contributed by atoms with Gasteiger partial charge in [-0.2, -0.15) is 0 Å². The Balaban J connectivity index is 1.52. The molecule has 30 heavy (non-hydrogen) atoms. The van der Waals surface area contributed by atoms with E-state index >= 15 is 0 Å². The molecule has 0 aliphatic heterocycles. The first-order valence-electron chi connectivity index (χ1n) is 12.2. The second kappa shape index (κ2) is 15.1. The third-order valence-corrected chi connectivity index (χ3v) is 5.85. The molecule has 0 heterocycles. The van der Waals surface area contributed by atoms with Crippen LogP contribution in [0, 0.1) is 0 Å². The first-order valence-corrected chi connectivity index (χ1v) is 12.2. The third-order valence-electron chi connectivity index (χ3n) is 5.85. The summed E-state index contributed by atoms with van der Waals surface area (Å²) in [5.41, 5.74) is 3.28. The number of ether oxygens (including phenoxy) is 1. The van der Waals surface area contributed by atoms with E-state index in [9.17, 15) is 5.11 Å². The second-order valence-corrected chi connectivity index (χ2v) is 8.56. The quantitative estimate of drug-likeness (QED) is 0.281. The van der Waals surface area contributed by atoms with Crippen molar-refractivity contribution in [3.8, 4) is 16.9 Å². The molecule has 0 spiro atoms. The molecular weight excluding hydrogens is 368 g/mol. The van der Waals surface area contributed by atoms with Crippen molar-refractivity contribution >= 4 is 0 Å². The fourth-order valence-corrected chi connectivity index (χ4v) is 3.83. The molecule has 2 rings (SSSR count). The molecule has 0 fully saturated rings. The molecule has 0 aliphatic carbocycles. The number of unbranched alkanes of at least 4 members (excludes halogenated alkanes) is 11. The van der Waals surface area contributed by atoms with E-state index in [2.05, 4.69) is 43.3 Å². The fourth-order valence-electron chi connectivity index (χ4n) is 3.83. The molecule has 2 nitrogen and oxygen atoms in total. The molecule has 0 aliphatic rings. The van der Waals surface area contributed by atoms with Gasteiger partial charge < -0.3 is 9.84 Å². The molecule has 0 saturated heterocycles. The van der Waals surface area contributed by atoms with Crippen LogP contribution in [0.5, 0.6) is 5.75 Å². The number of hydrogen-bond acceptors (Lipinski definition) is 2. The Morgan fingerprint density at radius 2 is 1.07 bits per heavy atom. The van der Waals surface area contributed by atoms with Crippen LogP contribution in [0.2, 0.25) is 0 Å². The maximum Gasteiger partial charge on any atom is 0.119 e. The summed E-state index contributed by atoms with van der Waals surface area (Å²) < 4.78 is 5.91. The summed E-state index contributed by atoms with van der Waals surface area (Å²) in [6.07, 6.45) is 16.0. The minimum absolute atomic E-state index is 0.421. The average Bonchev–Trinajstić information content (AvgIpc) is 2.77. The van der Waals surface area contributed by atoms with Gasteiger partial charge in [-0.1, -0.05) is 114 Å². The van der Waals surface area contributed by atoms with Crippen LogP contribution in [0.1, 0.15) is 103 Å². The summed E-state index contributed by atoms with van der Waals surface area (Å²) in [4.78, 5) is 0. The summed E-state index contributed by atoms with van der Waals surface area (Å²) in [5, 5.41) is 9.62. The Hall–Kier alpha value is -1.80. The zero-order chi connectivity index (χ0) is 21.4. The molecule has 0 amide bonds. The van der Waals surface area contributed by atoms with Gasteiger partial charge in [-0.3, -0.25) is 0 Å². The van der Waals surface area contributed by atoms with Crippen molar-refractivity contribution < 1.29 is 9.84 Å². The molecule has 2 aromatic rings. The van der Waals surface area contributed by atoms with Crippen molar-refractivity contribution in [2.75, 3.05) is 6.61 Å². The van der Waals surface area contributed by atoms with Crippen molar-refractivity contribution in [1.82, 2.24) is 0 Å². The van der Waals surface area contributed by atoms with Crippen LogP contribution in [-0.2, 0) is 0 Å². The smallest absolute Gasteiger partial charge is 0.119 e. The fraction of sp³-hybridized carbons (Fsp3) is 0.571. The Labute approximate surface area is 184 Å². The molecule has 166 valence electrons. The van der Waals surface area contributed by atoms with Gasteiger partial charge in [0, 0.05) is 0 Å². The third kappa shape index (κ3) is 9.80. The number of benzene rings is 2. The van der Waals surface area contributed by atoms with Crippen LogP contribution in [0.15, 0.2) is 48.5 Å². The minimum atomic E-state index is -0.421. The van der Waals surface area contributed by atoms with E-state index in [1.165, 1.54) is 76.2 Å². The molecule has 2 aromatic carbocycles. The Morgan fingerprint density at radius 3 is 1.53 bits per heavy atom. The molecule has 1 N–H and O–H groups in total. The van der Waals surface area contributed by atoms with Gasteiger partial charge in [0.2, 0.25) is 0 Å². The monoisotopic (exact) mass is 410 g/mol. The van der Waals surface area contributed by atoms with Crippen LogP contribution >= 0.6 is 0 Å². The van der Waals surface area contributed by atoms with E-state index < -0.39 is 6.10 Å². The van der Waals surface area contributed by atoms with E-state index in [1.807, 2.05) is 12.1 Å². The van der Waals surface area contributed by atoms with Gasteiger partial charge in [0.1, 0.15) is 5.75 Å². The minimum Gasteiger partial charge on any atom is -0.494 e. The van der Waals surface area contributed by atoms with Crippen molar-refractivity contribution in [1.29, 1.82) is 0 Å². The highest BCUT2D eigenvalue weighted by Crippen LogP contribution is 2.24. The highest BCUT2D eigenvalue weighted by Gasteiger charge is 2.03. The van der Waals surface area contributed by atoms with Gasteiger partial charge in [0.25, 0.3) is 0 Å². The Bertz CT molecular complexity index is 658. The molecule has 0 saturated carbocycles. The highest BCUT2D eigenvalue weighted by molar-refractivity contribution is 5.64. The van der Waals surface area contributed by atoms with Gasteiger partial charge in [-0.05, 0) is 42.2 Å². The lowest BCUT2D eigenvalue weighted by Gasteiger charge is -2.09. The van der Waals surface area contributed by atoms with Crippen molar-refractivity contribution in [2.24, 2.45) is 0 Å². The molecular formula is C28H42O2. The zero-order valence-electron chi connectivity index (χ0n) is 19.2. The Kier molecular flexibility index (Phi) is 12.3. The van der Waals surface area contributed by atoms with Crippen LogP contribution in [0.4, 0.5) is 0 Å². The molecule has 0 radical (unpaired) electrons. The molecule has 0 aromatic heterocycles. The molecule has 1 atom stereocenters. The number of rotatable bonds is 16. The summed E-state index contributed by atoms with van der Waals surface area (Å²) >= 11 is 0. The van der Waals surface area contributed by atoms with E-state index in [4.69, 9.17) is 4.74 Å². The topological polar surface area (TPSA) is 29.5 Å². The normalized spacial score (nSPS) is 12.1. The lowest BCUT2D eigenvalue weighted by atomic mass is 10.0. The van der Waals surface area contributed by atoms with Gasteiger partial charge in [0.15, 0.2) is 0 Å². The van der Waals surface area contributed by atoms with Gasteiger partial charge >= 0.3 is 0 Å². The summed E-state index contributed by atoms with van der Waals surface area (Å²) in [6, 6.07) is 16.4. The Morgan fingerprint density at radius 1 is 0.633 bits per heavy atom. The summed E-state index contributed by atoms with van der Waals surface area (Å²) in [6.45, 7) is 4.87. The van der Waals surface area contributed by atoms with Gasteiger partial charge in [-0.25, -0.2) is 0 Å². The predicted octanol–water partition coefficient (Wildman–Crippen LogP) is 8.49. The van der Waals surface area contributed by atoms with Crippen LogP contribution in [-0.4, -0.2) is 11.7 Å². The molecule has 1 unspecified atom stereocenters. The standard InChI is InChI=1S/C28H42O2/c1-3-4-5-6-7-8-9-10-11-12-13-14-23-30-28-21-19-27(20-22-28)26-17-15-25(16-18-26)24(2)29/h15-22,24,29H,3-14,23H2,1-2H3. The van der Waals surface area contributed by atoms with Crippen molar-refractivity contribution in [3.63, 3.8) is 0 Å². The van der Waals surface area contributed by atoms with E-state index in [1.54, 1.807) is 6.92 Å². The summed E-state index contributed by atoms with van der Waals surface area (Å²) in [7, 11) is 0. The first kappa shape index (κ1) is 24.5. The average molecular weight is 411 g/mol. The largest absolute Gasteiger partial charge is 0.494 e. The van der Waals surface area contributed by atoms with Crippen molar-refractivity contribution in [3.05, 3.63) is 54.1 Å². The number of aliphatic hydroxyl groups excluding tert-OH is 1. The predicted molar refractivity (Wildman–Crippen MR) is 129 cm³/mol. The van der Waals surface area contributed by atoms with Gasteiger partial charge in [0.05, 0.1) is 12.7 Å². The van der Waals surface area contributed by atoms with E-state index in [0.717, 1.165) is 29.9 Å². The maximum atomic E-state index is 9.62. The lowest BCUT2D eigenvalue weighted by Crippen LogP contribution is -1.97. The van der Waals surface area contributed by atoms with Crippen LogP contribution < -0.4 is 4.74 Å². The van der Waals surface area contributed by atoms with Gasteiger partial charge in [-0.15, -0.1) is 0 Å². The zero-order valence-corrected chi connectivity index (χ0v) is 19.2. The molecule has 0 bridgehead atoms. The second-order valence-electron chi connectivity index (χ2n) is 8.56. The van der Waals surface area contributed by atoms with Crippen molar-refractivity contribution in [2.45, 2.75) is 97.0 Å². The SMILES string of the molecule is CCCCCCCCCCCCCCOc1ccc(-c2ccc(C(C)O)cc2)cc1. The lowest BCUT2D eigenvalue weighted by molar-refractivity contribution is 0.199. The van der Waals surface area contributed by atoms with E-state index in [0.29, 0.717) is 0 Å². The van der Waals surface area contributed by atoms with Crippen LogP contribution in [0.3, 0.4) is 0 Å². The number of hydrogen-bond donors (Lipinski definition) is 1. The van der Waals surface area contributed by atoms with E-state index in [-0.39, 0.29) is 0 Å². The molecule has 2 heteroatoms. The van der Waals surface area contributed by atoms with Crippen LogP contribution in [0.25, 0.3) is 11.1 Å². The maximum absolute atomic E-state index is 9.62. The highest BCUT2D eigenvalue weighted by atomic mass is 16.5. The first-order chi connectivity index (χ1) is 14.7. The summed E-state index contributed by atoms with van der Waals surface area (Å²) in [5.74, 6) is 0.947.